The molecule has 0 radical (unpaired) electrons. The molecule has 0 aromatic heterocycles. The predicted octanol–water partition coefficient (Wildman–Crippen LogP) is 0.0224. The van der Waals surface area contributed by atoms with Crippen molar-refractivity contribution in [1.82, 2.24) is 15.5 Å². The smallest absolute Gasteiger partial charge is 0.234 e. The number of nitrogens with zero attached hydrogens (tertiary/aromatic N) is 1. The fraction of sp³-hybridized carbons (Fsp3) is 0.556. The minimum Gasteiger partial charge on any atom is -0.497 e. The van der Waals surface area contributed by atoms with Crippen molar-refractivity contribution in [3.8, 4) is 5.75 Å². The quantitative estimate of drug-likeness (QED) is 0.478. The number of methoxy groups -OCH3 is 3. The number of hydrogen-bond donors (Lipinski definition) is 2. The zero-order valence-corrected chi connectivity index (χ0v) is 15.7. The van der Waals surface area contributed by atoms with Crippen LogP contribution >= 0.6 is 0 Å². The van der Waals surface area contributed by atoms with Crippen molar-refractivity contribution < 1.29 is 23.8 Å². The molecule has 26 heavy (non-hydrogen) atoms. The average molecular weight is 367 g/mol. The first-order valence-electron chi connectivity index (χ1n) is 8.45. The second-order valence-electron chi connectivity index (χ2n) is 5.68. The summed E-state index contributed by atoms with van der Waals surface area (Å²) in [6.07, 6.45) is 0. The van der Waals surface area contributed by atoms with Crippen molar-refractivity contribution in [2.75, 3.05) is 60.7 Å². The summed E-state index contributed by atoms with van der Waals surface area (Å²) in [4.78, 5) is 25.9. The van der Waals surface area contributed by atoms with E-state index in [0.717, 1.165) is 11.3 Å². The third-order valence-corrected chi connectivity index (χ3v) is 3.56. The second-order valence-corrected chi connectivity index (χ2v) is 5.68. The summed E-state index contributed by atoms with van der Waals surface area (Å²) in [6, 6.07) is 7.53. The van der Waals surface area contributed by atoms with Gasteiger partial charge in [-0.2, -0.15) is 0 Å². The van der Waals surface area contributed by atoms with Crippen LogP contribution in [-0.4, -0.2) is 77.4 Å². The normalized spacial score (nSPS) is 10.6. The van der Waals surface area contributed by atoms with E-state index in [4.69, 9.17) is 14.2 Å². The van der Waals surface area contributed by atoms with Gasteiger partial charge in [-0.3, -0.25) is 14.5 Å². The van der Waals surface area contributed by atoms with E-state index < -0.39 is 0 Å². The summed E-state index contributed by atoms with van der Waals surface area (Å²) in [5.41, 5.74) is 0.986. The Labute approximate surface area is 154 Å². The molecule has 146 valence electrons. The molecule has 8 nitrogen and oxygen atoms in total. The van der Waals surface area contributed by atoms with E-state index in [0.29, 0.717) is 32.8 Å². The molecule has 0 bridgehead atoms. The molecule has 0 spiro atoms. The average Bonchev–Trinajstić information content (AvgIpc) is 2.62. The van der Waals surface area contributed by atoms with Crippen molar-refractivity contribution in [1.29, 1.82) is 0 Å². The number of hydrogen-bond acceptors (Lipinski definition) is 6. The first-order valence-corrected chi connectivity index (χ1v) is 8.45. The highest BCUT2D eigenvalue weighted by Crippen LogP contribution is 2.12. The van der Waals surface area contributed by atoms with E-state index in [1.54, 1.807) is 26.2 Å². The van der Waals surface area contributed by atoms with Gasteiger partial charge in [0.05, 0.1) is 33.4 Å². The van der Waals surface area contributed by atoms with E-state index in [9.17, 15) is 9.59 Å². The standard InChI is InChI=1S/C18H29N3O5/c1-24-10-8-19-17(22)13-21(14-18(23)20-9-11-25-2)12-15-4-6-16(26-3)7-5-15/h4-7H,8-14H2,1-3H3,(H,19,22)(H,20,23). The Morgan fingerprint density at radius 1 is 0.885 bits per heavy atom. The van der Waals surface area contributed by atoms with Crippen molar-refractivity contribution >= 4 is 11.8 Å². The maximum Gasteiger partial charge on any atom is 0.234 e. The Bertz CT molecular complexity index is 512. The second kappa shape index (κ2) is 13.1. The Balaban J connectivity index is 2.63. The molecule has 0 aliphatic rings. The summed E-state index contributed by atoms with van der Waals surface area (Å²) in [5.74, 6) is 0.454. The summed E-state index contributed by atoms with van der Waals surface area (Å²) >= 11 is 0. The van der Waals surface area contributed by atoms with Crippen LogP contribution in [0.5, 0.6) is 5.75 Å². The maximum absolute atomic E-state index is 12.1. The number of amides is 2. The topological polar surface area (TPSA) is 89.1 Å². The van der Waals surface area contributed by atoms with E-state index in [1.807, 2.05) is 24.3 Å². The van der Waals surface area contributed by atoms with Gasteiger partial charge in [0.1, 0.15) is 5.75 Å². The molecule has 0 aliphatic heterocycles. The Morgan fingerprint density at radius 2 is 1.38 bits per heavy atom. The molecule has 1 aromatic carbocycles. The summed E-state index contributed by atoms with van der Waals surface area (Å²) in [7, 11) is 4.76. The zero-order valence-electron chi connectivity index (χ0n) is 15.7. The Hall–Kier alpha value is -2.16. The molecule has 0 fully saturated rings. The lowest BCUT2D eigenvalue weighted by Crippen LogP contribution is -2.43. The number of nitrogens with one attached hydrogen (secondary N) is 2. The lowest BCUT2D eigenvalue weighted by Gasteiger charge is -2.21. The van der Waals surface area contributed by atoms with Crippen LogP contribution < -0.4 is 15.4 Å². The third kappa shape index (κ3) is 9.36. The van der Waals surface area contributed by atoms with Gasteiger partial charge < -0.3 is 24.8 Å². The third-order valence-electron chi connectivity index (χ3n) is 3.56. The molecular formula is C18H29N3O5. The molecule has 8 heteroatoms. The fourth-order valence-electron chi connectivity index (χ4n) is 2.26. The molecule has 0 saturated carbocycles. The molecule has 0 heterocycles. The van der Waals surface area contributed by atoms with Crippen molar-refractivity contribution in [3.05, 3.63) is 29.8 Å². The highest BCUT2D eigenvalue weighted by molar-refractivity contribution is 5.81. The molecule has 1 aromatic rings. The van der Waals surface area contributed by atoms with Gasteiger partial charge in [0.25, 0.3) is 0 Å². The number of carbonyl (C=O) groups is 2. The monoisotopic (exact) mass is 367 g/mol. The molecule has 0 saturated heterocycles. The Kier molecular flexibility index (Phi) is 11.0. The van der Waals surface area contributed by atoms with Crippen molar-refractivity contribution in [2.24, 2.45) is 0 Å². The lowest BCUT2D eigenvalue weighted by molar-refractivity contribution is -0.125. The minimum absolute atomic E-state index is 0.118. The minimum atomic E-state index is -0.153. The summed E-state index contributed by atoms with van der Waals surface area (Å²) < 4.78 is 15.0. The number of carbonyl (C=O) groups excluding carboxylic acids is 2. The van der Waals surface area contributed by atoms with Gasteiger partial charge >= 0.3 is 0 Å². The van der Waals surface area contributed by atoms with Crippen LogP contribution in [-0.2, 0) is 25.6 Å². The van der Waals surface area contributed by atoms with Gasteiger partial charge in [0, 0.05) is 33.9 Å². The SMILES string of the molecule is COCCNC(=O)CN(CC(=O)NCCOC)Cc1ccc(OC)cc1. The lowest BCUT2D eigenvalue weighted by atomic mass is 10.2. The molecule has 2 N–H and O–H groups in total. The van der Waals surface area contributed by atoms with Crippen LogP contribution in [0.4, 0.5) is 0 Å². The van der Waals surface area contributed by atoms with E-state index in [1.165, 1.54) is 0 Å². The van der Waals surface area contributed by atoms with E-state index in [-0.39, 0.29) is 24.9 Å². The van der Waals surface area contributed by atoms with Gasteiger partial charge in [0.15, 0.2) is 0 Å². The van der Waals surface area contributed by atoms with Gasteiger partial charge in [0.2, 0.25) is 11.8 Å². The van der Waals surface area contributed by atoms with Crippen LogP contribution in [0.15, 0.2) is 24.3 Å². The largest absolute Gasteiger partial charge is 0.497 e. The van der Waals surface area contributed by atoms with Gasteiger partial charge in [-0.05, 0) is 17.7 Å². The van der Waals surface area contributed by atoms with Crippen LogP contribution in [0.25, 0.3) is 0 Å². The van der Waals surface area contributed by atoms with Crippen LogP contribution in [0, 0.1) is 0 Å². The first-order chi connectivity index (χ1) is 12.6. The summed E-state index contributed by atoms with van der Waals surface area (Å²) in [6.45, 7) is 2.47. The number of ether oxygens (including phenoxy) is 3. The maximum atomic E-state index is 12.1. The highest BCUT2D eigenvalue weighted by Gasteiger charge is 2.15. The Morgan fingerprint density at radius 3 is 1.81 bits per heavy atom. The molecule has 0 unspecified atom stereocenters. The first kappa shape index (κ1) is 21.9. The van der Waals surface area contributed by atoms with Gasteiger partial charge in [-0.15, -0.1) is 0 Å². The zero-order chi connectivity index (χ0) is 19.2. The highest BCUT2D eigenvalue weighted by atomic mass is 16.5. The fourth-order valence-corrected chi connectivity index (χ4v) is 2.26. The van der Waals surface area contributed by atoms with E-state index in [2.05, 4.69) is 10.6 Å². The van der Waals surface area contributed by atoms with E-state index >= 15 is 0 Å². The summed E-state index contributed by atoms with van der Waals surface area (Å²) in [5, 5.41) is 5.53. The molecule has 2 amide bonds. The van der Waals surface area contributed by atoms with Crippen LogP contribution in [0.3, 0.4) is 0 Å². The van der Waals surface area contributed by atoms with Crippen LogP contribution in [0.1, 0.15) is 5.56 Å². The number of rotatable bonds is 13. The van der Waals surface area contributed by atoms with Crippen LogP contribution in [0.2, 0.25) is 0 Å². The molecule has 1 rings (SSSR count). The van der Waals surface area contributed by atoms with Crippen molar-refractivity contribution in [3.63, 3.8) is 0 Å². The van der Waals surface area contributed by atoms with Gasteiger partial charge in [-0.1, -0.05) is 12.1 Å². The van der Waals surface area contributed by atoms with Crippen molar-refractivity contribution in [2.45, 2.75) is 6.54 Å². The molecule has 0 aliphatic carbocycles. The van der Waals surface area contributed by atoms with Gasteiger partial charge in [-0.25, -0.2) is 0 Å². The number of benzene rings is 1. The molecule has 0 atom stereocenters. The molecular weight excluding hydrogens is 338 g/mol. The predicted molar refractivity (Wildman–Crippen MR) is 98.0 cm³/mol.